The van der Waals surface area contributed by atoms with Crippen molar-refractivity contribution in [3.05, 3.63) is 23.8 Å². The van der Waals surface area contributed by atoms with E-state index in [-0.39, 0.29) is 5.91 Å². The summed E-state index contributed by atoms with van der Waals surface area (Å²) in [5.41, 5.74) is 8.20. The van der Waals surface area contributed by atoms with E-state index in [1.54, 1.807) is 6.07 Å². The van der Waals surface area contributed by atoms with E-state index in [1.165, 1.54) is 0 Å². The van der Waals surface area contributed by atoms with Gasteiger partial charge in [0.1, 0.15) is 0 Å². The van der Waals surface area contributed by atoms with Crippen molar-refractivity contribution >= 4 is 17.3 Å². The van der Waals surface area contributed by atoms with Gasteiger partial charge in [0.05, 0.1) is 6.61 Å². The molecule has 0 saturated carbocycles. The summed E-state index contributed by atoms with van der Waals surface area (Å²) in [5.74, 6) is 0.0126. The fraction of sp³-hybridized carbons (Fsp3) is 0.562. The molecule has 0 atom stereocenters. The topological polar surface area (TPSA) is 67.6 Å². The van der Waals surface area contributed by atoms with Gasteiger partial charge in [-0.25, -0.2) is 0 Å². The van der Waals surface area contributed by atoms with Crippen LogP contribution in [0.2, 0.25) is 0 Å². The molecular weight excluding hydrogens is 266 g/mol. The van der Waals surface area contributed by atoms with E-state index in [9.17, 15) is 4.79 Å². The molecule has 1 amide bonds. The van der Waals surface area contributed by atoms with Gasteiger partial charge in [0, 0.05) is 37.5 Å². The molecule has 0 saturated heterocycles. The van der Waals surface area contributed by atoms with E-state index in [0.29, 0.717) is 18.7 Å². The van der Waals surface area contributed by atoms with Gasteiger partial charge in [-0.3, -0.25) is 4.79 Å². The summed E-state index contributed by atoms with van der Waals surface area (Å²) >= 11 is 0. The second-order valence-corrected chi connectivity index (χ2v) is 5.00. The summed E-state index contributed by atoms with van der Waals surface area (Å²) in [7, 11) is 0. The van der Waals surface area contributed by atoms with Crippen molar-refractivity contribution < 1.29 is 9.53 Å². The fourth-order valence-electron chi connectivity index (χ4n) is 2.01. The number of nitrogen functional groups attached to an aromatic ring is 1. The van der Waals surface area contributed by atoms with Crippen LogP contribution in [0.5, 0.6) is 0 Å². The van der Waals surface area contributed by atoms with E-state index in [2.05, 4.69) is 17.1 Å². The molecule has 118 valence electrons. The van der Waals surface area contributed by atoms with Crippen LogP contribution in [0.25, 0.3) is 0 Å². The Labute approximate surface area is 127 Å². The van der Waals surface area contributed by atoms with E-state index in [1.807, 2.05) is 26.0 Å². The lowest BCUT2D eigenvalue weighted by atomic mass is 10.2. The molecule has 5 nitrogen and oxygen atoms in total. The molecule has 1 aromatic carbocycles. The lowest BCUT2D eigenvalue weighted by molar-refractivity contribution is -0.116. The van der Waals surface area contributed by atoms with Crippen molar-refractivity contribution in [3.63, 3.8) is 0 Å². The lowest BCUT2D eigenvalue weighted by Crippen LogP contribution is -2.31. The van der Waals surface area contributed by atoms with Crippen molar-refractivity contribution in [2.24, 2.45) is 0 Å². The molecule has 0 aliphatic heterocycles. The predicted molar refractivity (Wildman–Crippen MR) is 87.4 cm³/mol. The Balaban J connectivity index is 2.40. The van der Waals surface area contributed by atoms with Crippen molar-refractivity contribution in [2.45, 2.75) is 27.2 Å². The number of amides is 1. The Bertz CT molecular complexity index is 449. The van der Waals surface area contributed by atoms with Crippen molar-refractivity contribution in [3.8, 4) is 0 Å². The minimum absolute atomic E-state index is 0.0126. The van der Waals surface area contributed by atoms with Gasteiger partial charge in [-0.2, -0.15) is 0 Å². The van der Waals surface area contributed by atoms with Gasteiger partial charge in [0.15, 0.2) is 0 Å². The van der Waals surface area contributed by atoms with Crippen LogP contribution in [0, 0.1) is 6.92 Å². The first kappa shape index (κ1) is 17.5. The van der Waals surface area contributed by atoms with E-state index < -0.39 is 0 Å². The zero-order chi connectivity index (χ0) is 15.7. The molecule has 21 heavy (non-hydrogen) atoms. The number of nitrogens with one attached hydrogen (secondary N) is 1. The molecule has 0 aliphatic rings. The monoisotopic (exact) mass is 293 g/mol. The lowest BCUT2D eigenvalue weighted by Gasteiger charge is -2.20. The first-order valence-corrected chi connectivity index (χ1v) is 7.52. The van der Waals surface area contributed by atoms with Gasteiger partial charge in [0.25, 0.3) is 0 Å². The first-order chi connectivity index (χ1) is 10.1. The van der Waals surface area contributed by atoms with Crippen molar-refractivity contribution in [1.82, 2.24) is 4.90 Å². The van der Waals surface area contributed by atoms with Crippen LogP contribution in [0.1, 0.15) is 25.8 Å². The van der Waals surface area contributed by atoms with Gasteiger partial charge in [0.2, 0.25) is 5.91 Å². The minimum Gasteiger partial charge on any atom is -0.399 e. The summed E-state index contributed by atoms with van der Waals surface area (Å²) in [4.78, 5) is 14.2. The molecule has 3 N–H and O–H groups in total. The van der Waals surface area contributed by atoms with Crippen molar-refractivity contribution in [2.75, 3.05) is 43.9 Å². The Morgan fingerprint density at radius 2 is 2.10 bits per heavy atom. The smallest absolute Gasteiger partial charge is 0.225 e. The molecule has 0 aromatic heterocycles. The molecule has 0 fully saturated rings. The maximum Gasteiger partial charge on any atom is 0.225 e. The number of hydrogen-bond donors (Lipinski definition) is 2. The third-order valence-electron chi connectivity index (χ3n) is 3.39. The Morgan fingerprint density at radius 3 is 2.76 bits per heavy atom. The number of carbonyl (C=O) groups is 1. The highest BCUT2D eigenvalue weighted by Gasteiger charge is 2.08. The number of hydrogen-bond acceptors (Lipinski definition) is 4. The second-order valence-electron chi connectivity index (χ2n) is 5.00. The molecule has 0 spiro atoms. The van der Waals surface area contributed by atoms with Crippen LogP contribution in [-0.4, -0.2) is 43.7 Å². The van der Waals surface area contributed by atoms with Gasteiger partial charge < -0.3 is 20.7 Å². The molecule has 0 bridgehead atoms. The van der Waals surface area contributed by atoms with Crippen LogP contribution in [-0.2, 0) is 9.53 Å². The Kier molecular flexibility index (Phi) is 7.79. The summed E-state index contributed by atoms with van der Waals surface area (Å²) in [6.45, 7) is 9.97. The molecule has 1 aromatic rings. The zero-order valence-corrected chi connectivity index (χ0v) is 13.3. The number of aryl methyl sites for hydroxylation is 1. The number of rotatable bonds is 9. The van der Waals surface area contributed by atoms with Gasteiger partial charge >= 0.3 is 0 Å². The van der Waals surface area contributed by atoms with Crippen LogP contribution >= 0.6 is 0 Å². The summed E-state index contributed by atoms with van der Waals surface area (Å²) in [5, 5.41) is 2.92. The zero-order valence-electron chi connectivity index (χ0n) is 13.3. The van der Waals surface area contributed by atoms with E-state index in [4.69, 9.17) is 10.5 Å². The number of carbonyl (C=O) groups excluding carboxylic acids is 1. The Hall–Kier alpha value is -1.59. The van der Waals surface area contributed by atoms with Crippen molar-refractivity contribution in [1.29, 1.82) is 0 Å². The number of likely N-dealkylation sites (N-methyl/N-ethyl adjacent to an activating group) is 1. The van der Waals surface area contributed by atoms with Gasteiger partial charge in [-0.1, -0.05) is 13.0 Å². The number of nitrogens with zero attached hydrogens (tertiary/aromatic N) is 1. The number of benzene rings is 1. The van der Waals surface area contributed by atoms with Crippen LogP contribution < -0.4 is 11.1 Å². The SMILES string of the molecule is CCOCCN(CC)CCC(=O)Nc1cc(N)ccc1C. The highest BCUT2D eigenvalue weighted by molar-refractivity contribution is 5.92. The van der Waals surface area contributed by atoms with Gasteiger partial charge in [-0.15, -0.1) is 0 Å². The van der Waals surface area contributed by atoms with E-state index >= 15 is 0 Å². The summed E-state index contributed by atoms with van der Waals surface area (Å²) < 4.78 is 5.34. The minimum atomic E-state index is 0.0126. The fourth-order valence-corrected chi connectivity index (χ4v) is 2.01. The standard InChI is InChI=1S/C16H27N3O2/c1-4-19(10-11-21-5-2)9-8-16(20)18-15-12-14(17)7-6-13(15)3/h6-7,12H,4-5,8-11,17H2,1-3H3,(H,18,20). The quantitative estimate of drug-likeness (QED) is 0.541. The molecule has 5 heteroatoms. The number of anilines is 2. The highest BCUT2D eigenvalue weighted by atomic mass is 16.5. The molecule has 0 aliphatic carbocycles. The third kappa shape index (κ3) is 6.60. The predicted octanol–water partition coefficient (Wildman–Crippen LogP) is 2.26. The average Bonchev–Trinajstić information content (AvgIpc) is 2.46. The molecule has 0 unspecified atom stereocenters. The maximum absolute atomic E-state index is 12.0. The number of nitrogens with two attached hydrogens (primary N) is 1. The number of ether oxygens (including phenoxy) is 1. The van der Waals surface area contributed by atoms with Crippen LogP contribution in [0.4, 0.5) is 11.4 Å². The maximum atomic E-state index is 12.0. The molecule has 0 radical (unpaired) electrons. The average molecular weight is 293 g/mol. The highest BCUT2D eigenvalue weighted by Crippen LogP contribution is 2.18. The summed E-state index contributed by atoms with van der Waals surface area (Å²) in [6, 6.07) is 5.53. The Morgan fingerprint density at radius 1 is 1.33 bits per heavy atom. The molecular formula is C16H27N3O2. The summed E-state index contributed by atoms with van der Waals surface area (Å²) in [6.07, 6.45) is 0.466. The second kappa shape index (κ2) is 9.37. The normalized spacial score (nSPS) is 10.9. The molecule has 0 heterocycles. The van der Waals surface area contributed by atoms with Crippen LogP contribution in [0.15, 0.2) is 18.2 Å². The van der Waals surface area contributed by atoms with E-state index in [0.717, 1.165) is 37.5 Å². The van der Waals surface area contributed by atoms with Gasteiger partial charge in [-0.05, 0) is 38.1 Å². The molecule has 1 rings (SSSR count). The largest absolute Gasteiger partial charge is 0.399 e. The third-order valence-corrected chi connectivity index (χ3v) is 3.39. The first-order valence-electron chi connectivity index (χ1n) is 7.52. The van der Waals surface area contributed by atoms with Crippen LogP contribution in [0.3, 0.4) is 0 Å².